The normalized spacial score (nSPS) is 20.4. The molecule has 21 heavy (non-hydrogen) atoms. The first kappa shape index (κ1) is 16.3. The van der Waals surface area contributed by atoms with E-state index < -0.39 is 6.10 Å². The van der Waals surface area contributed by atoms with Crippen molar-refractivity contribution in [3.8, 4) is 0 Å². The zero-order valence-electron chi connectivity index (χ0n) is 12.8. The standard InChI is InChI=1S/C16H25FN2O2/c1-12(16(20)15-4-3-14(17)9-18-15)10-19-7-5-13(6-8-19)11-21-2/h3-4,9,12-13,16,20H,5-8,10-11H2,1-2H3. The molecule has 0 radical (unpaired) electrons. The number of pyridine rings is 1. The van der Waals surface area contributed by atoms with Gasteiger partial charge in [0.25, 0.3) is 0 Å². The van der Waals surface area contributed by atoms with E-state index in [0.717, 1.165) is 45.3 Å². The number of halogens is 1. The van der Waals surface area contributed by atoms with Crippen LogP contribution in [-0.2, 0) is 4.74 Å². The molecule has 1 N–H and O–H groups in total. The number of hydrogen-bond acceptors (Lipinski definition) is 4. The van der Waals surface area contributed by atoms with Crippen LogP contribution < -0.4 is 0 Å². The van der Waals surface area contributed by atoms with Gasteiger partial charge in [0.2, 0.25) is 0 Å². The highest BCUT2D eigenvalue weighted by molar-refractivity contribution is 5.08. The number of nitrogens with zero attached hydrogens (tertiary/aromatic N) is 2. The smallest absolute Gasteiger partial charge is 0.141 e. The maximum atomic E-state index is 12.9. The van der Waals surface area contributed by atoms with Crippen LogP contribution in [0.5, 0.6) is 0 Å². The van der Waals surface area contributed by atoms with E-state index in [1.54, 1.807) is 13.2 Å². The van der Waals surface area contributed by atoms with Crippen LogP contribution in [0.3, 0.4) is 0 Å². The van der Waals surface area contributed by atoms with Crippen LogP contribution in [0.4, 0.5) is 4.39 Å². The summed E-state index contributed by atoms with van der Waals surface area (Å²) in [5.74, 6) is 0.353. The summed E-state index contributed by atoms with van der Waals surface area (Å²) in [4.78, 5) is 6.35. The molecule has 2 atom stereocenters. The summed E-state index contributed by atoms with van der Waals surface area (Å²) in [6.07, 6.45) is 2.79. The number of rotatable bonds is 6. The summed E-state index contributed by atoms with van der Waals surface area (Å²) in [6, 6.07) is 2.90. The molecular formula is C16H25FN2O2. The Hall–Kier alpha value is -1.04. The SMILES string of the molecule is COCC1CCN(CC(C)C(O)c2ccc(F)cn2)CC1. The van der Waals surface area contributed by atoms with Gasteiger partial charge in [0.1, 0.15) is 5.82 Å². The summed E-state index contributed by atoms with van der Waals surface area (Å²) in [7, 11) is 1.75. The van der Waals surface area contributed by atoms with Crippen LogP contribution in [0.15, 0.2) is 18.3 Å². The molecule has 1 saturated heterocycles. The first-order valence-corrected chi connectivity index (χ1v) is 7.61. The molecule has 0 bridgehead atoms. The van der Waals surface area contributed by atoms with Gasteiger partial charge < -0.3 is 14.7 Å². The molecule has 0 saturated carbocycles. The van der Waals surface area contributed by atoms with Crippen molar-refractivity contribution in [1.29, 1.82) is 0 Å². The van der Waals surface area contributed by atoms with E-state index in [2.05, 4.69) is 9.88 Å². The topological polar surface area (TPSA) is 45.6 Å². The van der Waals surface area contributed by atoms with E-state index in [0.29, 0.717) is 11.6 Å². The highest BCUT2D eigenvalue weighted by Crippen LogP contribution is 2.24. The fourth-order valence-corrected chi connectivity index (χ4v) is 2.93. The summed E-state index contributed by atoms with van der Waals surface area (Å²) in [5.41, 5.74) is 0.540. The highest BCUT2D eigenvalue weighted by Gasteiger charge is 2.24. The molecule has 0 spiro atoms. The zero-order valence-corrected chi connectivity index (χ0v) is 12.8. The third-order valence-corrected chi connectivity index (χ3v) is 4.25. The second-order valence-electron chi connectivity index (χ2n) is 6.02. The molecule has 0 amide bonds. The lowest BCUT2D eigenvalue weighted by atomic mass is 9.95. The second-order valence-corrected chi connectivity index (χ2v) is 6.02. The average molecular weight is 296 g/mol. The van der Waals surface area contributed by atoms with Crippen molar-refractivity contribution < 1.29 is 14.2 Å². The van der Waals surface area contributed by atoms with Crippen molar-refractivity contribution in [3.05, 3.63) is 29.8 Å². The van der Waals surface area contributed by atoms with Gasteiger partial charge in [-0.25, -0.2) is 4.39 Å². The highest BCUT2D eigenvalue weighted by atomic mass is 19.1. The maximum Gasteiger partial charge on any atom is 0.141 e. The lowest BCUT2D eigenvalue weighted by Gasteiger charge is -2.34. The summed E-state index contributed by atoms with van der Waals surface area (Å²) < 4.78 is 18.1. The van der Waals surface area contributed by atoms with Gasteiger partial charge in [-0.05, 0) is 44.0 Å². The molecule has 1 aromatic heterocycles. The quantitative estimate of drug-likeness (QED) is 0.874. The number of hydrogen-bond donors (Lipinski definition) is 1. The van der Waals surface area contributed by atoms with Crippen LogP contribution in [0.2, 0.25) is 0 Å². The monoisotopic (exact) mass is 296 g/mol. The Morgan fingerprint density at radius 2 is 2.14 bits per heavy atom. The Bertz CT molecular complexity index is 419. The lowest BCUT2D eigenvalue weighted by molar-refractivity contribution is 0.0586. The first-order valence-electron chi connectivity index (χ1n) is 7.61. The van der Waals surface area contributed by atoms with Gasteiger partial charge in [0, 0.05) is 26.2 Å². The van der Waals surface area contributed by atoms with Crippen LogP contribution in [-0.4, -0.2) is 48.3 Å². The molecule has 5 heteroatoms. The number of ether oxygens (including phenoxy) is 1. The Kier molecular flexibility index (Phi) is 6.08. The summed E-state index contributed by atoms with van der Waals surface area (Å²) in [6.45, 7) is 5.77. The van der Waals surface area contributed by atoms with Crippen molar-refractivity contribution >= 4 is 0 Å². The number of piperidine rings is 1. The molecule has 4 nitrogen and oxygen atoms in total. The van der Waals surface area contributed by atoms with Crippen LogP contribution in [0.1, 0.15) is 31.6 Å². The van der Waals surface area contributed by atoms with Crippen LogP contribution >= 0.6 is 0 Å². The molecular weight excluding hydrogens is 271 g/mol. The maximum absolute atomic E-state index is 12.9. The van der Waals surface area contributed by atoms with Crippen molar-refractivity contribution in [3.63, 3.8) is 0 Å². The van der Waals surface area contributed by atoms with Crippen LogP contribution in [0.25, 0.3) is 0 Å². The minimum atomic E-state index is -0.651. The number of aliphatic hydroxyl groups excluding tert-OH is 1. The molecule has 1 aliphatic rings. The Morgan fingerprint density at radius 1 is 1.43 bits per heavy atom. The summed E-state index contributed by atoms with van der Waals surface area (Å²) >= 11 is 0. The molecule has 2 heterocycles. The fraction of sp³-hybridized carbons (Fsp3) is 0.688. The van der Waals surface area contributed by atoms with Gasteiger partial charge in [0.05, 0.1) is 18.0 Å². The molecule has 1 aliphatic heterocycles. The van der Waals surface area contributed by atoms with E-state index in [1.165, 1.54) is 6.07 Å². The first-order chi connectivity index (χ1) is 10.1. The van der Waals surface area contributed by atoms with E-state index in [1.807, 2.05) is 6.92 Å². The van der Waals surface area contributed by atoms with Gasteiger partial charge in [-0.3, -0.25) is 4.98 Å². The van der Waals surface area contributed by atoms with E-state index in [-0.39, 0.29) is 11.7 Å². The van der Waals surface area contributed by atoms with Crippen molar-refractivity contribution in [2.24, 2.45) is 11.8 Å². The molecule has 0 aromatic carbocycles. The predicted molar refractivity (Wildman–Crippen MR) is 79.4 cm³/mol. The predicted octanol–water partition coefficient (Wildman–Crippen LogP) is 2.25. The van der Waals surface area contributed by atoms with Gasteiger partial charge >= 0.3 is 0 Å². The van der Waals surface area contributed by atoms with Gasteiger partial charge in [-0.2, -0.15) is 0 Å². The number of aromatic nitrogens is 1. The van der Waals surface area contributed by atoms with Crippen LogP contribution in [0, 0.1) is 17.7 Å². The summed E-state index contributed by atoms with van der Waals surface area (Å²) in [5, 5.41) is 10.3. The van der Waals surface area contributed by atoms with Crippen molar-refractivity contribution in [2.45, 2.75) is 25.9 Å². The van der Waals surface area contributed by atoms with Crippen molar-refractivity contribution in [2.75, 3.05) is 33.4 Å². The average Bonchev–Trinajstić information content (AvgIpc) is 2.49. The number of likely N-dealkylation sites (tertiary alicyclic amines) is 1. The second kappa shape index (κ2) is 7.82. The number of methoxy groups -OCH3 is 1. The Labute approximate surface area is 125 Å². The van der Waals surface area contributed by atoms with Gasteiger partial charge in [0.15, 0.2) is 0 Å². The van der Waals surface area contributed by atoms with Gasteiger partial charge in [-0.1, -0.05) is 6.92 Å². The lowest BCUT2D eigenvalue weighted by Crippen LogP contribution is -2.38. The zero-order chi connectivity index (χ0) is 15.2. The molecule has 1 aromatic rings. The molecule has 2 rings (SSSR count). The van der Waals surface area contributed by atoms with E-state index in [9.17, 15) is 9.50 Å². The molecule has 2 unspecified atom stereocenters. The molecule has 0 aliphatic carbocycles. The molecule has 118 valence electrons. The number of aliphatic hydroxyl groups is 1. The van der Waals surface area contributed by atoms with E-state index in [4.69, 9.17) is 4.74 Å². The Balaban J connectivity index is 1.81. The Morgan fingerprint density at radius 3 is 2.71 bits per heavy atom. The fourth-order valence-electron chi connectivity index (χ4n) is 2.93. The minimum Gasteiger partial charge on any atom is -0.386 e. The largest absolute Gasteiger partial charge is 0.386 e. The minimum absolute atomic E-state index is 0.0712. The van der Waals surface area contributed by atoms with Gasteiger partial charge in [-0.15, -0.1) is 0 Å². The van der Waals surface area contributed by atoms with E-state index >= 15 is 0 Å². The third-order valence-electron chi connectivity index (χ3n) is 4.25. The molecule has 1 fully saturated rings. The third kappa shape index (κ3) is 4.73. The van der Waals surface area contributed by atoms with Crippen molar-refractivity contribution in [1.82, 2.24) is 9.88 Å².